The lowest BCUT2D eigenvalue weighted by molar-refractivity contribution is -0.119. The quantitative estimate of drug-likeness (QED) is 0.766. The second-order valence-electron chi connectivity index (χ2n) is 5.90. The molecule has 0 spiro atoms. The van der Waals surface area contributed by atoms with Gasteiger partial charge in [-0.2, -0.15) is 0 Å². The van der Waals surface area contributed by atoms with Gasteiger partial charge in [-0.3, -0.25) is 4.79 Å². The maximum Gasteiger partial charge on any atom is 0.234 e. The lowest BCUT2D eigenvalue weighted by Crippen LogP contribution is -2.27. The number of fused-ring (bicyclic) bond motifs is 1. The van der Waals surface area contributed by atoms with Crippen LogP contribution in [0.4, 0.5) is 5.69 Å². The molecule has 1 amide bonds. The first kappa shape index (κ1) is 9.88. The van der Waals surface area contributed by atoms with E-state index in [0.29, 0.717) is 5.41 Å². The van der Waals surface area contributed by atoms with E-state index in [4.69, 9.17) is 0 Å². The molecular formula is C14H17NO. The molecule has 1 aromatic rings. The molecule has 1 aliphatic carbocycles. The largest absolute Gasteiger partial charge is 0.325 e. The van der Waals surface area contributed by atoms with Gasteiger partial charge in [0.25, 0.3) is 0 Å². The van der Waals surface area contributed by atoms with E-state index in [1.54, 1.807) is 0 Å². The Morgan fingerprint density at radius 1 is 1.19 bits per heavy atom. The summed E-state index contributed by atoms with van der Waals surface area (Å²) < 4.78 is 0. The summed E-state index contributed by atoms with van der Waals surface area (Å²) in [4.78, 5) is 11.8. The molecular weight excluding hydrogens is 198 g/mol. The Morgan fingerprint density at radius 2 is 1.88 bits per heavy atom. The number of nitrogens with one attached hydrogen (secondary N) is 1. The van der Waals surface area contributed by atoms with E-state index in [9.17, 15) is 4.79 Å². The molecule has 84 valence electrons. The summed E-state index contributed by atoms with van der Waals surface area (Å²) in [6.45, 7) is 6.28. The molecule has 0 radical (unpaired) electrons. The predicted molar refractivity (Wildman–Crippen MR) is 64.7 cm³/mol. The van der Waals surface area contributed by atoms with Crippen LogP contribution in [0, 0.1) is 0 Å². The summed E-state index contributed by atoms with van der Waals surface area (Å²) in [5, 5.41) is 2.95. The van der Waals surface area contributed by atoms with Crippen molar-refractivity contribution in [1.29, 1.82) is 0 Å². The molecule has 0 saturated heterocycles. The fraction of sp³-hybridized carbons (Fsp3) is 0.500. The van der Waals surface area contributed by atoms with Crippen molar-refractivity contribution in [1.82, 2.24) is 0 Å². The third-order valence-electron chi connectivity index (χ3n) is 4.21. The Morgan fingerprint density at radius 3 is 2.50 bits per heavy atom. The summed E-state index contributed by atoms with van der Waals surface area (Å²) in [6.07, 6.45) is 2.54. The number of benzene rings is 1. The van der Waals surface area contributed by atoms with E-state index < -0.39 is 0 Å². The third-order valence-corrected chi connectivity index (χ3v) is 4.21. The molecule has 1 aromatic carbocycles. The van der Waals surface area contributed by atoms with Crippen molar-refractivity contribution in [3.63, 3.8) is 0 Å². The van der Waals surface area contributed by atoms with Gasteiger partial charge in [-0.1, -0.05) is 19.1 Å². The van der Waals surface area contributed by atoms with Crippen LogP contribution in [0.3, 0.4) is 0 Å². The second-order valence-corrected chi connectivity index (χ2v) is 5.90. The molecule has 1 N–H and O–H groups in total. The van der Waals surface area contributed by atoms with Gasteiger partial charge in [-0.15, -0.1) is 0 Å². The zero-order valence-electron chi connectivity index (χ0n) is 10.1. The van der Waals surface area contributed by atoms with Crippen molar-refractivity contribution < 1.29 is 4.79 Å². The number of anilines is 1. The molecule has 0 unspecified atom stereocenters. The fourth-order valence-electron chi connectivity index (χ4n) is 2.42. The topological polar surface area (TPSA) is 29.1 Å². The van der Waals surface area contributed by atoms with E-state index in [0.717, 1.165) is 11.3 Å². The summed E-state index contributed by atoms with van der Waals surface area (Å²) >= 11 is 0. The van der Waals surface area contributed by atoms with Gasteiger partial charge >= 0.3 is 0 Å². The molecule has 2 aliphatic rings. The van der Waals surface area contributed by atoms with Crippen LogP contribution < -0.4 is 5.32 Å². The average molecular weight is 215 g/mol. The molecule has 1 aliphatic heterocycles. The summed E-state index contributed by atoms with van der Waals surface area (Å²) in [5.41, 5.74) is 3.52. The second kappa shape index (κ2) is 2.68. The molecule has 2 heteroatoms. The maximum absolute atomic E-state index is 11.8. The van der Waals surface area contributed by atoms with Crippen LogP contribution in [0.25, 0.3) is 0 Å². The summed E-state index contributed by atoms with van der Waals surface area (Å²) in [6, 6.07) is 6.44. The molecule has 1 saturated carbocycles. The zero-order chi connectivity index (χ0) is 11.6. The van der Waals surface area contributed by atoms with Gasteiger partial charge in [-0.05, 0) is 49.3 Å². The number of hydrogen-bond donors (Lipinski definition) is 1. The molecule has 1 fully saturated rings. The normalized spacial score (nSPS) is 23.8. The van der Waals surface area contributed by atoms with Gasteiger partial charge in [-0.25, -0.2) is 0 Å². The first-order valence-corrected chi connectivity index (χ1v) is 5.90. The van der Waals surface area contributed by atoms with E-state index in [1.165, 1.54) is 18.4 Å². The SMILES string of the molecule is CC1(c2ccc3c(c2)C(C)(C)C(=O)N3)CC1. The Balaban J connectivity index is 2.13. The predicted octanol–water partition coefficient (Wildman–Crippen LogP) is 2.97. The molecule has 2 nitrogen and oxygen atoms in total. The Bertz CT molecular complexity index is 484. The highest BCUT2D eigenvalue weighted by Gasteiger charge is 2.43. The maximum atomic E-state index is 11.8. The van der Waals surface area contributed by atoms with Crippen molar-refractivity contribution in [2.75, 3.05) is 5.32 Å². The average Bonchev–Trinajstić information content (AvgIpc) is 2.92. The fourth-order valence-corrected chi connectivity index (χ4v) is 2.42. The van der Waals surface area contributed by atoms with Crippen LogP contribution >= 0.6 is 0 Å². The van der Waals surface area contributed by atoms with E-state index in [2.05, 4.69) is 30.4 Å². The first-order valence-electron chi connectivity index (χ1n) is 5.90. The summed E-state index contributed by atoms with van der Waals surface area (Å²) in [7, 11) is 0. The van der Waals surface area contributed by atoms with Gasteiger partial charge in [0.05, 0.1) is 5.41 Å². The first-order chi connectivity index (χ1) is 7.43. The van der Waals surface area contributed by atoms with Crippen molar-refractivity contribution in [3.8, 4) is 0 Å². The van der Waals surface area contributed by atoms with Gasteiger partial charge in [0, 0.05) is 5.69 Å². The van der Waals surface area contributed by atoms with E-state index in [-0.39, 0.29) is 11.3 Å². The van der Waals surface area contributed by atoms with Crippen LogP contribution in [-0.2, 0) is 15.6 Å². The van der Waals surface area contributed by atoms with Crippen LogP contribution in [0.15, 0.2) is 18.2 Å². The minimum absolute atomic E-state index is 0.112. The van der Waals surface area contributed by atoms with Crippen LogP contribution in [0.1, 0.15) is 44.7 Å². The lowest BCUT2D eigenvalue weighted by atomic mass is 9.83. The standard InChI is InChI=1S/C14H17NO/c1-13(2)10-8-9(14(3)6-7-14)4-5-11(10)15-12(13)16/h4-5,8H,6-7H2,1-3H3,(H,15,16). The highest BCUT2D eigenvalue weighted by atomic mass is 16.2. The number of amides is 1. The zero-order valence-corrected chi connectivity index (χ0v) is 10.1. The number of carbonyl (C=O) groups is 1. The minimum Gasteiger partial charge on any atom is -0.325 e. The van der Waals surface area contributed by atoms with Crippen molar-refractivity contribution in [3.05, 3.63) is 29.3 Å². The Labute approximate surface area is 96.1 Å². The molecule has 1 heterocycles. The number of carbonyl (C=O) groups excluding carboxylic acids is 1. The molecule has 16 heavy (non-hydrogen) atoms. The lowest BCUT2D eigenvalue weighted by Gasteiger charge is -2.17. The van der Waals surface area contributed by atoms with Gasteiger partial charge in [0.2, 0.25) is 5.91 Å². The Kier molecular flexibility index (Phi) is 1.65. The number of rotatable bonds is 1. The molecule has 0 bridgehead atoms. The van der Waals surface area contributed by atoms with Crippen LogP contribution in [0.5, 0.6) is 0 Å². The third kappa shape index (κ3) is 1.16. The summed E-state index contributed by atoms with van der Waals surface area (Å²) in [5.74, 6) is 0.112. The van der Waals surface area contributed by atoms with Gasteiger partial charge < -0.3 is 5.32 Å². The van der Waals surface area contributed by atoms with Gasteiger partial charge in [0.1, 0.15) is 0 Å². The van der Waals surface area contributed by atoms with Crippen LogP contribution in [0.2, 0.25) is 0 Å². The molecule has 0 aromatic heterocycles. The van der Waals surface area contributed by atoms with Crippen molar-refractivity contribution in [2.45, 2.75) is 44.4 Å². The monoisotopic (exact) mass is 215 g/mol. The van der Waals surface area contributed by atoms with Crippen molar-refractivity contribution >= 4 is 11.6 Å². The highest BCUT2D eigenvalue weighted by molar-refractivity contribution is 6.05. The van der Waals surface area contributed by atoms with Gasteiger partial charge in [0.15, 0.2) is 0 Å². The van der Waals surface area contributed by atoms with Crippen molar-refractivity contribution in [2.24, 2.45) is 0 Å². The van der Waals surface area contributed by atoms with E-state index >= 15 is 0 Å². The minimum atomic E-state index is -0.378. The smallest absolute Gasteiger partial charge is 0.234 e. The molecule has 3 rings (SSSR count). The van der Waals surface area contributed by atoms with Crippen LogP contribution in [-0.4, -0.2) is 5.91 Å². The number of hydrogen-bond acceptors (Lipinski definition) is 1. The Hall–Kier alpha value is -1.31. The highest BCUT2D eigenvalue weighted by Crippen LogP contribution is 2.49. The van der Waals surface area contributed by atoms with E-state index in [1.807, 2.05) is 13.8 Å². The molecule has 0 atom stereocenters.